The highest BCUT2D eigenvalue weighted by molar-refractivity contribution is 6.43. The highest BCUT2D eigenvalue weighted by atomic mass is 35.5. The summed E-state index contributed by atoms with van der Waals surface area (Å²) in [7, 11) is 0. The molecule has 1 heterocycles. The van der Waals surface area contributed by atoms with Crippen LogP contribution >= 0.6 is 23.2 Å². The maximum absolute atomic E-state index is 11.7. The van der Waals surface area contributed by atoms with Crippen LogP contribution in [0.15, 0.2) is 47.8 Å². The van der Waals surface area contributed by atoms with Crippen LogP contribution in [-0.4, -0.2) is 17.1 Å². The van der Waals surface area contributed by atoms with Crippen molar-refractivity contribution in [3.63, 3.8) is 0 Å². The molecule has 1 amide bonds. The Labute approximate surface area is 120 Å². The number of aromatic nitrogens is 1. The summed E-state index contributed by atoms with van der Waals surface area (Å²) in [5.74, 6) is -0.322. The van der Waals surface area contributed by atoms with E-state index < -0.39 is 0 Å². The first-order valence-electron chi connectivity index (χ1n) is 5.36. The largest absolute Gasteiger partial charge is 0.271 e. The van der Waals surface area contributed by atoms with Crippen molar-refractivity contribution in [1.82, 2.24) is 10.4 Å². The number of carbonyl (C=O) groups excluding carboxylic acids is 1. The van der Waals surface area contributed by atoms with Gasteiger partial charge >= 0.3 is 0 Å². The first-order chi connectivity index (χ1) is 9.18. The lowest BCUT2D eigenvalue weighted by Gasteiger charge is -2.01. The number of hydrazone groups is 1. The molecule has 1 aromatic heterocycles. The predicted octanol–water partition coefficient (Wildman–Crippen LogP) is 3.15. The molecule has 0 aliphatic rings. The molecule has 1 N–H and O–H groups in total. The van der Waals surface area contributed by atoms with Gasteiger partial charge in [-0.15, -0.1) is 0 Å². The SMILES string of the molecule is O=C(N/N=C/c1cccc(Cl)c1Cl)c1ccncc1. The summed E-state index contributed by atoms with van der Waals surface area (Å²) in [4.78, 5) is 15.5. The molecule has 0 bridgehead atoms. The first kappa shape index (κ1) is 13.5. The molecule has 1 aromatic carbocycles. The van der Waals surface area contributed by atoms with Crippen molar-refractivity contribution in [2.45, 2.75) is 0 Å². The molecule has 4 nitrogen and oxygen atoms in total. The zero-order chi connectivity index (χ0) is 13.7. The fourth-order valence-corrected chi connectivity index (χ4v) is 1.71. The first-order valence-corrected chi connectivity index (χ1v) is 6.11. The quantitative estimate of drug-likeness (QED) is 0.698. The number of benzene rings is 1. The fourth-order valence-electron chi connectivity index (χ4n) is 1.35. The van der Waals surface area contributed by atoms with E-state index in [1.165, 1.54) is 18.6 Å². The number of nitrogens with one attached hydrogen (secondary N) is 1. The number of carbonyl (C=O) groups is 1. The Morgan fingerprint density at radius 1 is 1.21 bits per heavy atom. The zero-order valence-corrected chi connectivity index (χ0v) is 11.2. The molecule has 0 aliphatic carbocycles. The molecule has 0 fully saturated rings. The van der Waals surface area contributed by atoms with Crippen molar-refractivity contribution >= 4 is 35.3 Å². The van der Waals surface area contributed by atoms with Crippen LogP contribution < -0.4 is 5.43 Å². The maximum atomic E-state index is 11.7. The van der Waals surface area contributed by atoms with Gasteiger partial charge in [0.15, 0.2) is 0 Å². The number of hydrogen-bond acceptors (Lipinski definition) is 3. The van der Waals surface area contributed by atoms with E-state index in [1.807, 2.05) is 0 Å². The molecule has 19 heavy (non-hydrogen) atoms. The third-order valence-corrected chi connectivity index (χ3v) is 3.13. The minimum atomic E-state index is -0.322. The lowest BCUT2D eigenvalue weighted by molar-refractivity contribution is 0.0955. The Morgan fingerprint density at radius 2 is 1.95 bits per heavy atom. The summed E-state index contributed by atoms with van der Waals surface area (Å²) < 4.78 is 0. The molecular formula is C13H9Cl2N3O. The van der Waals surface area contributed by atoms with Gasteiger partial charge in [0.1, 0.15) is 0 Å². The highest BCUT2D eigenvalue weighted by Crippen LogP contribution is 2.23. The van der Waals surface area contributed by atoms with E-state index >= 15 is 0 Å². The normalized spacial score (nSPS) is 10.6. The van der Waals surface area contributed by atoms with Crippen LogP contribution in [-0.2, 0) is 0 Å². The fraction of sp³-hybridized carbons (Fsp3) is 0. The number of nitrogens with zero attached hydrogens (tertiary/aromatic N) is 2. The molecule has 0 aliphatic heterocycles. The smallest absolute Gasteiger partial charge is 0.267 e. The van der Waals surface area contributed by atoms with Crippen molar-refractivity contribution in [3.05, 3.63) is 63.9 Å². The minimum Gasteiger partial charge on any atom is -0.267 e. The summed E-state index contributed by atoms with van der Waals surface area (Å²) in [6.07, 6.45) is 4.51. The summed E-state index contributed by atoms with van der Waals surface area (Å²) in [5.41, 5.74) is 3.50. The average Bonchev–Trinajstić information content (AvgIpc) is 2.44. The maximum Gasteiger partial charge on any atom is 0.271 e. The topological polar surface area (TPSA) is 54.4 Å². The number of amides is 1. The number of hydrogen-bond donors (Lipinski definition) is 1. The molecule has 96 valence electrons. The highest BCUT2D eigenvalue weighted by Gasteiger charge is 2.03. The van der Waals surface area contributed by atoms with Crippen molar-refractivity contribution < 1.29 is 4.79 Å². The number of rotatable bonds is 3. The van der Waals surface area contributed by atoms with Crippen LogP contribution in [0.3, 0.4) is 0 Å². The molecule has 0 saturated carbocycles. The molecule has 0 unspecified atom stereocenters. The van der Waals surface area contributed by atoms with Crippen molar-refractivity contribution in [3.8, 4) is 0 Å². The third kappa shape index (κ3) is 3.53. The number of pyridine rings is 1. The lowest BCUT2D eigenvalue weighted by atomic mass is 10.2. The van der Waals surface area contributed by atoms with Gasteiger partial charge in [-0.1, -0.05) is 35.3 Å². The van der Waals surface area contributed by atoms with Gasteiger partial charge in [0, 0.05) is 23.5 Å². The summed E-state index contributed by atoms with van der Waals surface area (Å²) in [6, 6.07) is 8.36. The van der Waals surface area contributed by atoms with Crippen LogP contribution in [0.25, 0.3) is 0 Å². The van der Waals surface area contributed by atoms with E-state index in [1.54, 1.807) is 30.3 Å². The van der Waals surface area contributed by atoms with E-state index in [-0.39, 0.29) is 5.91 Å². The Kier molecular flexibility index (Phi) is 4.49. The van der Waals surface area contributed by atoms with Crippen LogP contribution in [0.4, 0.5) is 0 Å². The third-order valence-electron chi connectivity index (χ3n) is 2.29. The molecule has 0 radical (unpaired) electrons. The lowest BCUT2D eigenvalue weighted by Crippen LogP contribution is -2.17. The van der Waals surface area contributed by atoms with Gasteiger partial charge in [-0.3, -0.25) is 9.78 Å². The van der Waals surface area contributed by atoms with Crippen LogP contribution in [0.1, 0.15) is 15.9 Å². The van der Waals surface area contributed by atoms with E-state index in [0.717, 1.165) is 0 Å². The second kappa shape index (κ2) is 6.31. The van der Waals surface area contributed by atoms with E-state index in [4.69, 9.17) is 23.2 Å². The average molecular weight is 294 g/mol. The van der Waals surface area contributed by atoms with Crippen LogP contribution in [0.2, 0.25) is 10.0 Å². The summed E-state index contributed by atoms with van der Waals surface area (Å²) >= 11 is 11.8. The van der Waals surface area contributed by atoms with Crippen molar-refractivity contribution in [2.24, 2.45) is 5.10 Å². The van der Waals surface area contributed by atoms with Crippen LogP contribution in [0, 0.1) is 0 Å². The molecular weight excluding hydrogens is 285 g/mol. The standard InChI is InChI=1S/C13H9Cl2N3O/c14-11-3-1-2-10(12(11)15)8-17-18-13(19)9-4-6-16-7-5-9/h1-8H,(H,18,19)/b17-8+. The second-order valence-electron chi connectivity index (χ2n) is 3.58. The van der Waals surface area contributed by atoms with E-state index in [0.29, 0.717) is 21.2 Å². The predicted molar refractivity (Wildman–Crippen MR) is 75.8 cm³/mol. The molecule has 6 heteroatoms. The van der Waals surface area contributed by atoms with Gasteiger partial charge < -0.3 is 0 Å². The number of halogens is 2. The van der Waals surface area contributed by atoms with Crippen molar-refractivity contribution in [2.75, 3.05) is 0 Å². The molecule has 0 saturated heterocycles. The van der Waals surface area contributed by atoms with Gasteiger partial charge in [-0.25, -0.2) is 5.43 Å². The van der Waals surface area contributed by atoms with Gasteiger partial charge in [0.2, 0.25) is 0 Å². The van der Waals surface area contributed by atoms with Gasteiger partial charge in [-0.2, -0.15) is 5.10 Å². The van der Waals surface area contributed by atoms with Crippen LogP contribution in [0.5, 0.6) is 0 Å². The van der Waals surface area contributed by atoms with E-state index in [9.17, 15) is 4.79 Å². The Hall–Kier alpha value is -1.91. The zero-order valence-electron chi connectivity index (χ0n) is 9.68. The Balaban J connectivity index is 2.05. The minimum absolute atomic E-state index is 0.322. The molecule has 0 spiro atoms. The molecule has 0 atom stereocenters. The second-order valence-corrected chi connectivity index (χ2v) is 4.36. The van der Waals surface area contributed by atoms with E-state index in [2.05, 4.69) is 15.5 Å². The Morgan fingerprint density at radius 3 is 2.68 bits per heavy atom. The summed E-state index contributed by atoms with van der Waals surface area (Å²) in [6.45, 7) is 0. The van der Waals surface area contributed by atoms with Gasteiger partial charge in [-0.05, 0) is 18.2 Å². The molecule has 2 aromatic rings. The Bertz CT molecular complexity index is 615. The monoisotopic (exact) mass is 293 g/mol. The van der Waals surface area contributed by atoms with Crippen molar-refractivity contribution in [1.29, 1.82) is 0 Å². The van der Waals surface area contributed by atoms with Gasteiger partial charge in [0.05, 0.1) is 16.3 Å². The molecule has 2 rings (SSSR count). The van der Waals surface area contributed by atoms with Gasteiger partial charge in [0.25, 0.3) is 5.91 Å². The summed E-state index contributed by atoms with van der Waals surface area (Å²) in [5, 5.41) is 4.66.